The van der Waals surface area contributed by atoms with Gasteiger partial charge in [0.15, 0.2) is 11.9 Å². The molecule has 2 aromatic rings. The van der Waals surface area contributed by atoms with E-state index >= 15 is 0 Å². The Hall–Kier alpha value is -3.15. The molecule has 1 atom stereocenters. The van der Waals surface area contributed by atoms with E-state index in [9.17, 15) is 14.4 Å². The molecule has 2 rings (SSSR count). The Morgan fingerprint density at radius 2 is 1.89 bits per heavy atom. The quantitative estimate of drug-likeness (QED) is 0.457. The summed E-state index contributed by atoms with van der Waals surface area (Å²) in [6.07, 6.45) is 1.86. The lowest BCUT2D eigenvalue weighted by Gasteiger charge is -2.10. The Bertz CT molecular complexity index is 907. The highest BCUT2D eigenvalue weighted by Crippen LogP contribution is 2.20. The number of esters is 1. The third-order valence-electron chi connectivity index (χ3n) is 4.20. The van der Waals surface area contributed by atoms with Gasteiger partial charge in [-0.25, -0.2) is 4.79 Å². The van der Waals surface area contributed by atoms with Crippen molar-refractivity contribution in [2.75, 3.05) is 7.11 Å². The number of benzene rings is 1. The van der Waals surface area contributed by atoms with Crippen molar-refractivity contribution in [1.29, 1.82) is 0 Å². The minimum atomic E-state index is -0.982. The number of methoxy groups -OCH3 is 1. The van der Waals surface area contributed by atoms with E-state index in [0.29, 0.717) is 22.6 Å². The number of carbonyl (C=O) groups excluding carboxylic acids is 3. The molecule has 0 spiro atoms. The number of Topliss-reactive ketones (excluding diaryl/α,β-unsaturated/α-hetero) is 2. The van der Waals surface area contributed by atoms with Crippen molar-refractivity contribution in [3.05, 3.63) is 58.4 Å². The van der Waals surface area contributed by atoms with Gasteiger partial charge in [-0.2, -0.15) is 0 Å². The van der Waals surface area contributed by atoms with Crippen molar-refractivity contribution >= 4 is 23.6 Å². The molecule has 0 aliphatic carbocycles. The van der Waals surface area contributed by atoms with Crippen LogP contribution in [0.5, 0.6) is 5.75 Å². The standard InChI is InChI=1S/C21H23NO5/c1-12-19(14(3)23)13(2)22-20(12)21(25)15(4)27-18(24)10-9-16-7-6-8-17(11-16)26-5/h6-11,15,22H,1-5H3/b10-9+/t15-/m0/s1. The summed E-state index contributed by atoms with van der Waals surface area (Å²) >= 11 is 0. The van der Waals surface area contributed by atoms with E-state index in [1.165, 1.54) is 19.9 Å². The zero-order valence-electron chi connectivity index (χ0n) is 16.1. The van der Waals surface area contributed by atoms with E-state index in [1.54, 1.807) is 45.2 Å². The van der Waals surface area contributed by atoms with Gasteiger partial charge >= 0.3 is 5.97 Å². The maximum Gasteiger partial charge on any atom is 0.331 e. The van der Waals surface area contributed by atoms with E-state index in [-0.39, 0.29) is 17.3 Å². The highest BCUT2D eigenvalue weighted by Gasteiger charge is 2.25. The van der Waals surface area contributed by atoms with Crippen LogP contribution in [0.15, 0.2) is 30.3 Å². The fourth-order valence-corrected chi connectivity index (χ4v) is 2.90. The van der Waals surface area contributed by atoms with E-state index in [2.05, 4.69) is 4.98 Å². The molecule has 1 aromatic heterocycles. The minimum Gasteiger partial charge on any atom is -0.497 e. The summed E-state index contributed by atoms with van der Waals surface area (Å²) in [6, 6.07) is 7.19. The van der Waals surface area contributed by atoms with Crippen molar-refractivity contribution in [2.45, 2.75) is 33.8 Å². The summed E-state index contributed by atoms with van der Waals surface area (Å²) in [5, 5.41) is 0. The third kappa shape index (κ3) is 4.73. The summed E-state index contributed by atoms with van der Waals surface area (Å²) in [6.45, 7) is 6.38. The minimum absolute atomic E-state index is 0.119. The molecule has 6 heteroatoms. The van der Waals surface area contributed by atoms with Crippen LogP contribution in [0.1, 0.15) is 51.5 Å². The molecule has 0 saturated carbocycles. The van der Waals surface area contributed by atoms with E-state index in [4.69, 9.17) is 9.47 Å². The molecule has 27 heavy (non-hydrogen) atoms. The molecular formula is C21H23NO5. The number of ketones is 2. The molecule has 0 unspecified atom stereocenters. The molecule has 0 aliphatic heterocycles. The first-order chi connectivity index (χ1) is 12.7. The van der Waals surface area contributed by atoms with Crippen LogP contribution in [-0.4, -0.2) is 35.7 Å². The zero-order chi connectivity index (χ0) is 20.1. The van der Waals surface area contributed by atoms with Crippen LogP contribution in [0.4, 0.5) is 0 Å². The summed E-state index contributed by atoms with van der Waals surface area (Å²) in [7, 11) is 1.56. The van der Waals surface area contributed by atoms with Gasteiger partial charge in [-0.15, -0.1) is 0 Å². The first-order valence-electron chi connectivity index (χ1n) is 8.51. The summed E-state index contributed by atoms with van der Waals surface area (Å²) in [5.41, 5.74) is 2.75. The van der Waals surface area contributed by atoms with Crippen molar-refractivity contribution in [3.63, 3.8) is 0 Å². The van der Waals surface area contributed by atoms with Crippen LogP contribution >= 0.6 is 0 Å². The number of ether oxygens (including phenoxy) is 2. The molecular weight excluding hydrogens is 346 g/mol. The predicted molar refractivity (Wildman–Crippen MR) is 102 cm³/mol. The van der Waals surface area contributed by atoms with Crippen molar-refractivity contribution < 1.29 is 23.9 Å². The Morgan fingerprint density at radius 1 is 1.19 bits per heavy atom. The number of hydrogen-bond acceptors (Lipinski definition) is 5. The Kier molecular flexibility index (Phi) is 6.34. The van der Waals surface area contributed by atoms with Crippen molar-refractivity contribution in [2.24, 2.45) is 0 Å². The number of aromatic nitrogens is 1. The fourth-order valence-electron chi connectivity index (χ4n) is 2.90. The lowest BCUT2D eigenvalue weighted by molar-refractivity contribution is -0.140. The molecule has 0 aliphatic rings. The van der Waals surface area contributed by atoms with Gasteiger partial charge in [0.05, 0.1) is 12.8 Å². The maximum atomic E-state index is 12.6. The Labute approximate surface area is 158 Å². The molecule has 0 amide bonds. The average molecular weight is 369 g/mol. The highest BCUT2D eigenvalue weighted by atomic mass is 16.5. The van der Waals surface area contributed by atoms with E-state index in [1.807, 2.05) is 6.07 Å². The zero-order valence-corrected chi connectivity index (χ0v) is 16.1. The molecule has 0 fully saturated rings. The summed E-state index contributed by atoms with van der Waals surface area (Å²) in [5.74, 6) is -0.461. The Morgan fingerprint density at radius 3 is 2.48 bits per heavy atom. The van der Waals surface area contributed by atoms with Gasteiger partial charge in [0.1, 0.15) is 5.75 Å². The predicted octanol–water partition coefficient (Wildman–Crippen LogP) is 3.67. The van der Waals surface area contributed by atoms with Crippen molar-refractivity contribution in [1.82, 2.24) is 4.98 Å². The van der Waals surface area contributed by atoms with Crippen LogP contribution in [0.25, 0.3) is 6.08 Å². The molecule has 1 aromatic carbocycles. The van der Waals surface area contributed by atoms with Crippen LogP contribution < -0.4 is 4.74 Å². The van der Waals surface area contributed by atoms with Gasteiger partial charge in [-0.05, 0) is 57.0 Å². The normalized spacial score (nSPS) is 12.0. The first-order valence-corrected chi connectivity index (χ1v) is 8.51. The molecule has 142 valence electrons. The number of nitrogens with one attached hydrogen (secondary N) is 1. The SMILES string of the molecule is COc1cccc(/C=C/C(=O)O[C@@H](C)C(=O)c2[nH]c(C)c(C(C)=O)c2C)c1. The topological polar surface area (TPSA) is 85.5 Å². The van der Waals surface area contributed by atoms with Gasteiger partial charge in [-0.1, -0.05) is 12.1 Å². The van der Waals surface area contributed by atoms with E-state index in [0.717, 1.165) is 5.56 Å². The molecule has 0 saturated heterocycles. The second-order valence-corrected chi connectivity index (χ2v) is 6.23. The summed E-state index contributed by atoms with van der Waals surface area (Å²) in [4.78, 5) is 39.2. The van der Waals surface area contributed by atoms with Gasteiger partial charge in [-0.3, -0.25) is 9.59 Å². The fraction of sp³-hybridized carbons (Fsp3) is 0.286. The smallest absolute Gasteiger partial charge is 0.331 e. The van der Waals surface area contributed by atoms with Gasteiger partial charge in [0.25, 0.3) is 0 Å². The van der Waals surface area contributed by atoms with Gasteiger partial charge < -0.3 is 14.5 Å². The highest BCUT2D eigenvalue weighted by molar-refractivity contribution is 6.05. The van der Waals surface area contributed by atoms with Crippen LogP contribution in [0.2, 0.25) is 0 Å². The number of rotatable bonds is 7. The monoisotopic (exact) mass is 369 g/mol. The molecule has 1 N–H and O–H groups in total. The average Bonchev–Trinajstić information content (AvgIpc) is 2.93. The van der Waals surface area contributed by atoms with Gasteiger partial charge in [0.2, 0.25) is 5.78 Å². The Balaban J connectivity index is 2.08. The largest absolute Gasteiger partial charge is 0.497 e. The number of aromatic amines is 1. The molecule has 6 nitrogen and oxygen atoms in total. The summed E-state index contributed by atoms with van der Waals surface area (Å²) < 4.78 is 10.3. The molecule has 0 bridgehead atoms. The molecule has 0 radical (unpaired) electrons. The second-order valence-electron chi connectivity index (χ2n) is 6.23. The lowest BCUT2D eigenvalue weighted by atomic mass is 10.0. The van der Waals surface area contributed by atoms with Crippen molar-refractivity contribution in [3.8, 4) is 5.75 Å². The first kappa shape index (κ1) is 20.2. The number of carbonyl (C=O) groups is 3. The number of hydrogen-bond donors (Lipinski definition) is 1. The lowest BCUT2D eigenvalue weighted by Crippen LogP contribution is -2.24. The van der Waals surface area contributed by atoms with E-state index < -0.39 is 12.1 Å². The maximum absolute atomic E-state index is 12.6. The van der Waals surface area contributed by atoms with Crippen LogP contribution in [0, 0.1) is 13.8 Å². The molecule has 1 heterocycles. The van der Waals surface area contributed by atoms with Gasteiger partial charge in [0, 0.05) is 17.3 Å². The van der Waals surface area contributed by atoms with Crippen LogP contribution in [-0.2, 0) is 9.53 Å². The second kappa shape index (κ2) is 8.49. The number of aryl methyl sites for hydroxylation is 1. The van der Waals surface area contributed by atoms with Crippen LogP contribution in [0.3, 0.4) is 0 Å². The third-order valence-corrected chi connectivity index (χ3v) is 4.20. The number of H-pyrrole nitrogens is 1.